The van der Waals surface area contributed by atoms with Crippen molar-refractivity contribution in [2.75, 3.05) is 13.6 Å². The minimum absolute atomic E-state index is 0.0720. The fourth-order valence-electron chi connectivity index (χ4n) is 2.34. The molecule has 0 atom stereocenters. The van der Waals surface area contributed by atoms with Gasteiger partial charge in [-0.25, -0.2) is 4.79 Å². The molecule has 2 amide bonds. The number of nitrogens with one attached hydrogen (secondary N) is 1. The number of nitrogens with zero attached hydrogens (tertiary/aromatic N) is 3. The topological polar surface area (TPSA) is 76.5 Å². The van der Waals surface area contributed by atoms with Gasteiger partial charge in [0.15, 0.2) is 0 Å². The lowest BCUT2D eigenvalue weighted by Crippen LogP contribution is -2.36. The molecule has 0 unspecified atom stereocenters. The number of fused-ring (bicyclic) bond motifs is 1. The zero-order valence-corrected chi connectivity index (χ0v) is 13.7. The Kier molecular flexibility index (Phi) is 4.73. The van der Waals surface area contributed by atoms with Crippen LogP contribution in [0.25, 0.3) is 0 Å². The van der Waals surface area contributed by atoms with Gasteiger partial charge in [-0.1, -0.05) is 0 Å². The monoisotopic (exact) mass is 308 g/mol. The van der Waals surface area contributed by atoms with Crippen LogP contribution in [0.2, 0.25) is 0 Å². The predicted molar refractivity (Wildman–Crippen MR) is 81.3 cm³/mol. The second-order valence-corrected chi connectivity index (χ2v) is 6.46. The van der Waals surface area contributed by atoms with Crippen molar-refractivity contribution >= 4 is 12.0 Å². The van der Waals surface area contributed by atoms with Gasteiger partial charge in [0.2, 0.25) is 5.91 Å². The fourth-order valence-corrected chi connectivity index (χ4v) is 2.34. The summed E-state index contributed by atoms with van der Waals surface area (Å²) in [5, 5.41) is 7.03. The van der Waals surface area contributed by atoms with Gasteiger partial charge >= 0.3 is 6.09 Å². The number of likely N-dealkylation sites (N-methyl/N-ethyl adjacent to an activating group) is 1. The predicted octanol–water partition coefficient (Wildman–Crippen LogP) is 1.31. The van der Waals surface area contributed by atoms with Crippen LogP contribution in [0.3, 0.4) is 0 Å². The Bertz CT molecular complexity index is 560. The molecule has 2 heterocycles. The molecule has 0 saturated carbocycles. The minimum atomic E-state index is -0.506. The second-order valence-electron chi connectivity index (χ2n) is 6.46. The third kappa shape index (κ3) is 4.22. The van der Waals surface area contributed by atoms with Gasteiger partial charge in [0.1, 0.15) is 5.60 Å². The van der Waals surface area contributed by atoms with Gasteiger partial charge in [0.25, 0.3) is 0 Å². The third-order valence-electron chi connectivity index (χ3n) is 3.34. The van der Waals surface area contributed by atoms with E-state index in [4.69, 9.17) is 4.74 Å². The van der Waals surface area contributed by atoms with Crippen molar-refractivity contribution in [3.05, 3.63) is 17.5 Å². The van der Waals surface area contributed by atoms with Crippen molar-refractivity contribution in [3.8, 4) is 0 Å². The fraction of sp³-hybridized carbons (Fsp3) is 0.667. The van der Waals surface area contributed by atoms with Crippen molar-refractivity contribution in [1.29, 1.82) is 0 Å². The molecule has 2 rings (SSSR count). The summed E-state index contributed by atoms with van der Waals surface area (Å²) >= 11 is 0. The molecule has 0 saturated heterocycles. The first kappa shape index (κ1) is 16.3. The Balaban J connectivity index is 2.09. The largest absolute Gasteiger partial charge is 0.444 e. The minimum Gasteiger partial charge on any atom is -0.444 e. The number of rotatable bonds is 2. The van der Waals surface area contributed by atoms with Crippen LogP contribution in [0.5, 0.6) is 0 Å². The van der Waals surface area contributed by atoms with Crippen LogP contribution in [0.15, 0.2) is 6.07 Å². The molecule has 7 nitrogen and oxygen atoms in total. The van der Waals surface area contributed by atoms with Crippen LogP contribution < -0.4 is 5.32 Å². The second kappa shape index (κ2) is 6.37. The van der Waals surface area contributed by atoms with E-state index < -0.39 is 5.60 Å². The van der Waals surface area contributed by atoms with Crippen LogP contribution in [0.4, 0.5) is 4.79 Å². The molecule has 1 aromatic rings. The molecule has 1 aromatic heterocycles. The van der Waals surface area contributed by atoms with E-state index in [2.05, 4.69) is 10.4 Å². The average molecular weight is 308 g/mol. The van der Waals surface area contributed by atoms with Gasteiger partial charge in [-0.3, -0.25) is 9.48 Å². The van der Waals surface area contributed by atoms with Crippen LogP contribution in [-0.4, -0.2) is 45.9 Å². The standard InChI is InChI=1S/C15H24N4O3/c1-15(2,3)22-14(21)18-6-5-7-19-12(10-18)8-11(17-19)9-13(20)16-4/h8H,5-7,9-10H2,1-4H3,(H,16,20). The summed E-state index contributed by atoms with van der Waals surface area (Å²) in [6, 6.07) is 1.89. The number of aryl methyl sites for hydroxylation is 1. The summed E-state index contributed by atoms with van der Waals surface area (Å²) in [4.78, 5) is 25.4. The number of carbonyl (C=O) groups is 2. The van der Waals surface area contributed by atoms with E-state index in [9.17, 15) is 9.59 Å². The first-order valence-corrected chi connectivity index (χ1v) is 7.52. The summed E-state index contributed by atoms with van der Waals surface area (Å²) in [6.07, 6.45) is 0.756. The van der Waals surface area contributed by atoms with Crippen LogP contribution in [0.1, 0.15) is 38.6 Å². The van der Waals surface area contributed by atoms with E-state index >= 15 is 0 Å². The molecule has 0 radical (unpaired) electrons. The van der Waals surface area contributed by atoms with E-state index in [1.165, 1.54) is 0 Å². The van der Waals surface area contributed by atoms with Crippen molar-refractivity contribution in [2.24, 2.45) is 0 Å². The number of hydrogen-bond acceptors (Lipinski definition) is 4. The van der Waals surface area contributed by atoms with Gasteiger partial charge in [0.05, 0.1) is 24.4 Å². The van der Waals surface area contributed by atoms with Crippen LogP contribution >= 0.6 is 0 Å². The summed E-state index contributed by atoms with van der Waals surface area (Å²) in [5.74, 6) is -0.0720. The lowest BCUT2D eigenvalue weighted by molar-refractivity contribution is -0.120. The van der Waals surface area contributed by atoms with Gasteiger partial charge in [-0.15, -0.1) is 0 Å². The molecule has 0 aliphatic carbocycles. The molecule has 0 spiro atoms. The highest BCUT2D eigenvalue weighted by molar-refractivity contribution is 5.77. The van der Waals surface area contributed by atoms with Crippen LogP contribution in [0, 0.1) is 0 Å². The Hall–Kier alpha value is -2.05. The zero-order valence-electron chi connectivity index (χ0n) is 13.7. The normalized spacial score (nSPS) is 15.0. The number of carbonyl (C=O) groups excluding carboxylic acids is 2. The summed E-state index contributed by atoms with van der Waals surface area (Å²) < 4.78 is 7.31. The Labute approximate surface area is 130 Å². The van der Waals surface area contributed by atoms with Crippen molar-refractivity contribution in [2.45, 2.75) is 52.3 Å². The van der Waals surface area contributed by atoms with E-state index in [-0.39, 0.29) is 18.4 Å². The van der Waals surface area contributed by atoms with E-state index in [1.807, 2.05) is 31.5 Å². The highest BCUT2D eigenvalue weighted by Gasteiger charge is 2.25. The Morgan fingerprint density at radius 2 is 2.09 bits per heavy atom. The lowest BCUT2D eigenvalue weighted by atomic mass is 10.2. The average Bonchev–Trinajstić information content (AvgIpc) is 2.66. The first-order valence-electron chi connectivity index (χ1n) is 7.52. The molecule has 122 valence electrons. The number of ether oxygens (including phenoxy) is 1. The van der Waals surface area contributed by atoms with Crippen molar-refractivity contribution < 1.29 is 14.3 Å². The molecule has 1 aliphatic rings. The highest BCUT2D eigenvalue weighted by atomic mass is 16.6. The molecular weight excluding hydrogens is 284 g/mol. The van der Waals surface area contributed by atoms with Gasteiger partial charge in [-0.05, 0) is 33.3 Å². The number of aromatic nitrogens is 2. The maximum absolute atomic E-state index is 12.2. The molecule has 1 N–H and O–H groups in total. The summed E-state index contributed by atoms with van der Waals surface area (Å²) in [5.41, 5.74) is 1.15. The maximum atomic E-state index is 12.2. The van der Waals surface area contributed by atoms with Gasteiger partial charge < -0.3 is 15.0 Å². The van der Waals surface area contributed by atoms with Gasteiger partial charge in [-0.2, -0.15) is 5.10 Å². The smallest absolute Gasteiger partial charge is 0.410 e. The zero-order chi connectivity index (χ0) is 16.3. The molecule has 7 heteroatoms. The molecule has 0 fully saturated rings. The molecular formula is C15H24N4O3. The van der Waals surface area contributed by atoms with E-state index in [0.29, 0.717) is 13.1 Å². The maximum Gasteiger partial charge on any atom is 0.410 e. The van der Waals surface area contributed by atoms with E-state index in [1.54, 1.807) is 11.9 Å². The van der Waals surface area contributed by atoms with Crippen molar-refractivity contribution in [1.82, 2.24) is 20.0 Å². The SMILES string of the molecule is CNC(=O)Cc1cc2n(n1)CCCN(C(=O)OC(C)(C)C)C2. The molecule has 1 aliphatic heterocycles. The summed E-state index contributed by atoms with van der Waals surface area (Å²) in [6.45, 7) is 7.40. The summed E-state index contributed by atoms with van der Waals surface area (Å²) in [7, 11) is 1.60. The first-order chi connectivity index (χ1) is 10.3. The molecule has 22 heavy (non-hydrogen) atoms. The van der Waals surface area contributed by atoms with Crippen LogP contribution in [-0.2, 0) is 29.0 Å². The lowest BCUT2D eigenvalue weighted by Gasteiger charge is -2.26. The van der Waals surface area contributed by atoms with Crippen molar-refractivity contribution in [3.63, 3.8) is 0 Å². The Morgan fingerprint density at radius 3 is 2.73 bits per heavy atom. The number of hydrogen-bond donors (Lipinski definition) is 1. The molecule has 0 bridgehead atoms. The molecule has 0 aromatic carbocycles. The quantitative estimate of drug-likeness (QED) is 0.894. The highest BCUT2D eigenvalue weighted by Crippen LogP contribution is 2.17. The number of amides is 2. The van der Waals surface area contributed by atoms with E-state index in [0.717, 1.165) is 24.4 Å². The Morgan fingerprint density at radius 1 is 1.36 bits per heavy atom. The van der Waals surface area contributed by atoms with Gasteiger partial charge in [0, 0.05) is 20.1 Å². The third-order valence-corrected chi connectivity index (χ3v) is 3.34.